The molecule has 0 atom stereocenters. The Morgan fingerprint density at radius 3 is 2.50 bits per heavy atom. The molecule has 0 saturated carbocycles. The molecule has 2 N–H and O–H groups in total. The molecule has 10 nitrogen and oxygen atoms in total. The Labute approximate surface area is 195 Å². The average Bonchev–Trinajstić information content (AvgIpc) is 3.25. The van der Waals surface area contributed by atoms with Crippen molar-refractivity contribution < 1.29 is 14.7 Å². The number of carbonyl (C=O) groups is 2. The van der Waals surface area contributed by atoms with E-state index >= 15 is 0 Å². The molecule has 1 saturated heterocycles. The highest BCUT2D eigenvalue weighted by molar-refractivity contribution is 6.06. The first-order valence-electron chi connectivity index (χ1n) is 10.9. The molecule has 4 aromatic rings. The van der Waals surface area contributed by atoms with Crippen LogP contribution in [0, 0.1) is 0 Å². The minimum atomic E-state index is -1.21. The van der Waals surface area contributed by atoms with Gasteiger partial charge < -0.3 is 20.2 Å². The summed E-state index contributed by atoms with van der Waals surface area (Å²) < 4.78 is 1.07. The van der Waals surface area contributed by atoms with E-state index in [0.717, 1.165) is 47.8 Å². The van der Waals surface area contributed by atoms with Crippen LogP contribution in [-0.4, -0.2) is 75.0 Å². The van der Waals surface area contributed by atoms with Gasteiger partial charge in [-0.1, -0.05) is 12.1 Å². The molecule has 0 spiro atoms. The van der Waals surface area contributed by atoms with Crippen LogP contribution in [0.5, 0.6) is 0 Å². The molecule has 1 aliphatic heterocycles. The van der Waals surface area contributed by atoms with Gasteiger partial charge in [0, 0.05) is 49.5 Å². The zero-order valence-electron chi connectivity index (χ0n) is 18.5. The van der Waals surface area contributed by atoms with Crippen molar-refractivity contribution in [3.63, 3.8) is 0 Å². The first kappa shape index (κ1) is 21.5. The number of likely N-dealkylation sites (N-methyl/N-ethyl adjacent to an activating group) is 1. The Hall–Kier alpha value is -4.31. The molecule has 1 fully saturated rings. The normalized spacial score (nSPS) is 14.3. The summed E-state index contributed by atoms with van der Waals surface area (Å²) in [7, 11) is 2.10. The first-order chi connectivity index (χ1) is 16.5. The lowest BCUT2D eigenvalue weighted by molar-refractivity contribution is 0.0692. The second-order valence-electron chi connectivity index (χ2n) is 8.16. The molecule has 1 amide bonds. The van der Waals surface area contributed by atoms with Crippen LogP contribution in [0.4, 0.5) is 16.3 Å². The van der Waals surface area contributed by atoms with Gasteiger partial charge in [-0.3, -0.25) is 4.98 Å². The van der Waals surface area contributed by atoms with E-state index in [1.165, 1.54) is 0 Å². The zero-order valence-corrected chi connectivity index (χ0v) is 18.5. The largest absolute Gasteiger partial charge is 0.476 e. The molecule has 0 bridgehead atoms. The number of hydrogen-bond acceptors (Lipinski definition) is 7. The van der Waals surface area contributed by atoms with Crippen LogP contribution < -0.4 is 10.2 Å². The van der Waals surface area contributed by atoms with Gasteiger partial charge >= 0.3 is 12.0 Å². The smallest absolute Gasteiger partial charge is 0.357 e. The van der Waals surface area contributed by atoms with Crippen molar-refractivity contribution in [1.82, 2.24) is 24.6 Å². The highest BCUT2D eigenvalue weighted by atomic mass is 16.4. The van der Waals surface area contributed by atoms with E-state index in [1.54, 1.807) is 42.9 Å². The molecule has 0 radical (unpaired) electrons. The Kier molecular flexibility index (Phi) is 5.64. The molecular weight excluding hydrogens is 434 g/mol. The number of anilines is 2. The molecule has 4 heterocycles. The summed E-state index contributed by atoms with van der Waals surface area (Å²) in [4.78, 5) is 37.9. The monoisotopic (exact) mass is 457 g/mol. The Bertz CT molecular complexity index is 1340. The van der Waals surface area contributed by atoms with E-state index < -0.39 is 12.0 Å². The molecular formula is C24H23N7O3. The number of benzene rings is 1. The van der Waals surface area contributed by atoms with Crippen LogP contribution in [-0.2, 0) is 0 Å². The van der Waals surface area contributed by atoms with E-state index in [9.17, 15) is 14.7 Å². The number of aromatic nitrogens is 4. The minimum absolute atomic E-state index is 0.195. The Morgan fingerprint density at radius 1 is 1.00 bits per heavy atom. The third kappa shape index (κ3) is 4.18. The van der Waals surface area contributed by atoms with Gasteiger partial charge in [0.15, 0.2) is 5.69 Å². The summed E-state index contributed by atoms with van der Waals surface area (Å²) >= 11 is 0. The second kappa shape index (κ2) is 8.91. The Balaban J connectivity index is 1.40. The summed E-state index contributed by atoms with van der Waals surface area (Å²) in [5.41, 5.74) is 2.32. The molecule has 5 rings (SSSR count). The highest BCUT2D eigenvalue weighted by Crippen LogP contribution is 2.27. The van der Waals surface area contributed by atoms with E-state index in [2.05, 4.69) is 37.2 Å². The molecule has 0 unspecified atom stereocenters. The maximum absolute atomic E-state index is 13.0. The van der Waals surface area contributed by atoms with Crippen LogP contribution in [0.2, 0.25) is 0 Å². The predicted molar refractivity (Wildman–Crippen MR) is 128 cm³/mol. The van der Waals surface area contributed by atoms with Crippen molar-refractivity contribution in [1.29, 1.82) is 0 Å². The molecule has 0 aliphatic carbocycles. The number of carbonyl (C=O) groups excluding carboxylic acids is 1. The van der Waals surface area contributed by atoms with E-state index in [0.29, 0.717) is 16.6 Å². The van der Waals surface area contributed by atoms with Crippen LogP contribution in [0.1, 0.15) is 10.5 Å². The van der Waals surface area contributed by atoms with E-state index in [4.69, 9.17) is 0 Å². The maximum atomic E-state index is 13.0. The van der Waals surface area contributed by atoms with Crippen LogP contribution in [0.3, 0.4) is 0 Å². The number of amides is 1. The van der Waals surface area contributed by atoms with Gasteiger partial charge in [-0.2, -0.15) is 9.78 Å². The maximum Gasteiger partial charge on any atom is 0.357 e. The topological polar surface area (TPSA) is 116 Å². The van der Waals surface area contributed by atoms with Crippen molar-refractivity contribution in [2.45, 2.75) is 0 Å². The van der Waals surface area contributed by atoms with Gasteiger partial charge in [0.2, 0.25) is 0 Å². The number of hydrogen-bond donors (Lipinski definition) is 2. The summed E-state index contributed by atoms with van der Waals surface area (Å²) in [5.74, 6) is -0.357. The third-order valence-electron chi connectivity index (χ3n) is 5.90. The fraction of sp³-hybridized carbons (Fsp3) is 0.208. The molecule has 10 heteroatoms. The fourth-order valence-corrected chi connectivity index (χ4v) is 4.00. The second-order valence-corrected chi connectivity index (χ2v) is 8.16. The fourth-order valence-electron chi connectivity index (χ4n) is 4.00. The van der Waals surface area contributed by atoms with Crippen molar-refractivity contribution in [2.24, 2.45) is 0 Å². The van der Waals surface area contributed by atoms with Crippen molar-refractivity contribution in [3.05, 3.63) is 66.7 Å². The van der Waals surface area contributed by atoms with Crippen molar-refractivity contribution in [2.75, 3.05) is 43.4 Å². The minimum Gasteiger partial charge on any atom is -0.476 e. The molecule has 34 heavy (non-hydrogen) atoms. The summed E-state index contributed by atoms with van der Waals surface area (Å²) in [5, 5.41) is 16.9. The lowest BCUT2D eigenvalue weighted by Crippen LogP contribution is -2.44. The third-order valence-corrected chi connectivity index (χ3v) is 5.90. The highest BCUT2D eigenvalue weighted by Gasteiger charge is 2.21. The first-order valence-corrected chi connectivity index (χ1v) is 10.9. The lowest BCUT2D eigenvalue weighted by Gasteiger charge is -2.33. The zero-order chi connectivity index (χ0) is 23.7. The molecule has 172 valence electrons. The number of pyridine rings is 2. The summed E-state index contributed by atoms with van der Waals surface area (Å²) in [6, 6.07) is 12.0. The molecule has 1 aliphatic rings. The Morgan fingerprint density at radius 2 is 1.82 bits per heavy atom. The van der Waals surface area contributed by atoms with Crippen LogP contribution >= 0.6 is 0 Å². The number of rotatable bonds is 4. The van der Waals surface area contributed by atoms with Gasteiger partial charge in [0.25, 0.3) is 0 Å². The number of fused-ring (bicyclic) bond motifs is 1. The summed E-state index contributed by atoms with van der Waals surface area (Å²) in [6.07, 6.45) is 4.95. The SMILES string of the molecule is CN1CCN(c2ccc(NC(=O)n3nc(C(=O)O)c4cc(-c5cccnc5)ccc43)cn2)CC1. The molecule has 1 aromatic carbocycles. The van der Waals surface area contributed by atoms with E-state index in [-0.39, 0.29) is 5.69 Å². The van der Waals surface area contributed by atoms with Gasteiger partial charge in [-0.05, 0) is 42.9 Å². The molecule has 3 aromatic heterocycles. The van der Waals surface area contributed by atoms with E-state index in [1.807, 2.05) is 18.2 Å². The number of piperazine rings is 1. The average molecular weight is 457 g/mol. The number of nitrogens with zero attached hydrogens (tertiary/aromatic N) is 6. The van der Waals surface area contributed by atoms with Gasteiger partial charge in [-0.15, -0.1) is 0 Å². The standard InChI is InChI=1S/C24H23N7O3/c1-29-9-11-30(12-10-29)21-7-5-18(15-26-21)27-24(34)31-20-6-4-16(17-3-2-8-25-14-17)13-19(20)22(28-31)23(32)33/h2-8,13-15H,9-12H2,1H3,(H,27,34)(H,32,33). The van der Waals surface area contributed by atoms with Crippen LogP contribution in [0.25, 0.3) is 22.0 Å². The van der Waals surface area contributed by atoms with Crippen molar-refractivity contribution in [3.8, 4) is 11.1 Å². The van der Waals surface area contributed by atoms with Gasteiger partial charge in [-0.25, -0.2) is 14.6 Å². The summed E-state index contributed by atoms with van der Waals surface area (Å²) in [6.45, 7) is 3.74. The van der Waals surface area contributed by atoms with Crippen LogP contribution in [0.15, 0.2) is 61.1 Å². The van der Waals surface area contributed by atoms with Gasteiger partial charge in [0.1, 0.15) is 5.82 Å². The number of carboxylic acid groups (broad SMARTS) is 1. The number of aromatic carboxylic acids is 1. The quantitative estimate of drug-likeness (QED) is 0.480. The van der Waals surface area contributed by atoms with Gasteiger partial charge in [0.05, 0.1) is 17.4 Å². The number of nitrogens with one attached hydrogen (secondary N) is 1. The number of carboxylic acids is 1. The predicted octanol–water partition coefficient (Wildman–Crippen LogP) is 3.02. The lowest BCUT2D eigenvalue weighted by atomic mass is 10.0. The van der Waals surface area contributed by atoms with Crippen molar-refractivity contribution >= 4 is 34.4 Å².